The van der Waals surface area contributed by atoms with Gasteiger partial charge in [-0.1, -0.05) is 30.3 Å². The highest BCUT2D eigenvalue weighted by atomic mass is 35.5. The van der Waals surface area contributed by atoms with Gasteiger partial charge in [0.15, 0.2) is 0 Å². The SMILES string of the molecule is C=C(CN1CCC(c2ccc(Cl)cc2)CC1)N1c2c(N)cc(F)cc2CCC1C. The molecule has 29 heavy (non-hydrogen) atoms. The van der Waals surface area contributed by atoms with E-state index >= 15 is 0 Å². The Morgan fingerprint density at radius 3 is 2.55 bits per heavy atom. The Morgan fingerprint density at radius 1 is 1.17 bits per heavy atom. The van der Waals surface area contributed by atoms with Gasteiger partial charge in [0.2, 0.25) is 0 Å². The second kappa shape index (κ2) is 8.37. The molecule has 2 aromatic rings. The number of nitrogen functional groups attached to an aromatic ring is 1. The second-order valence-corrected chi connectivity index (χ2v) is 8.87. The molecule has 0 amide bonds. The molecule has 0 radical (unpaired) electrons. The lowest BCUT2D eigenvalue weighted by atomic mass is 9.89. The van der Waals surface area contributed by atoms with Crippen molar-refractivity contribution in [3.63, 3.8) is 0 Å². The molecule has 0 aliphatic carbocycles. The van der Waals surface area contributed by atoms with Crippen molar-refractivity contribution in [1.29, 1.82) is 0 Å². The van der Waals surface area contributed by atoms with Gasteiger partial charge in [-0.2, -0.15) is 0 Å². The van der Waals surface area contributed by atoms with Crippen LogP contribution in [-0.2, 0) is 6.42 Å². The van der Waals surface area contributed by atoms with E-state index in [0.717, 1.165) is 67.3 Å². The van der Waals surface area contributed by atoms with Crippen LogP contribution in [0, 0.1) is 5.82 Å². The topological polar surface area (TPSA) is 32.5 Å². The minimum Gasteiger partial charge on any atom is -0.397 e. The molecule has 0 spiro atoms. The molecule has 154 valence electrons. The summed E-state index contributed by atoms with van der Waals surface area (Å²) >= 11 is 6.02. The van der Waals surface area contributed by atoms with Gasteiger partial charge in [0.25, 0.3) is 0 Å². The van der Waals surface area contributed by atoms with Gasteiger partial charge in [-0.15, -0.1) is 0 Å². The van der Waals surface area contributed by atoms with E-state index in [1.165, 1.54) is 11.6 Å². The Bertz CT molecular complexity index is 888. The highest BCUT2D eigenvalue weighted by molar-refractivity contribution is 6.30. The summed E-state index contributed by atoms with van der Waals surface area (Å²) in [6, 6.07) is 11.6. The molecule has 5 heteroatoms. The summed E-state index contributed by atoms with van der Waals surface area (Å²) in [4.78, 5) is 4.70. The van der Waals surface area contributed by atoms with Crippen molar-refractivity contribution in [1.82, 2.24) is 4.90 Å². The predicted octanol–water partition coefficient (Wildman–Crippen LogP) is 5.60. The number of benzene rings is 2. The first-order valence-corrected chi connectivity index (χ1v) is 10.8. The van der Waals surface area contributed by atoms with Gasteiger partial charge < -0.3 is 10.6 Å². The number of hydrogen-bond donors (Lipinski definition) is 1. The van der Waals surface area contributed by atoms with Crippen molar-refractivity contribution in [3.05, 3.63) is 70.6 Å². The van der Waals surface area contributed by atoms with E-state index in [4.69, 9.17) is 17.3 Å². The van der Waals surface area contributed by atoms with Crippen LogP contribution in [0.1, 0.15) is 43.2 Å². The van der Waals surface area contributed by atoms with Gasteiger partial charge in [0.05, 0.1) is 11.4 Å². The number of anilines is 2. The zero-order valence-electron chi connectivity index (χ0n) is 17.0. The predicted molar refractivity (Wildman–Crippen MR) is 120 cm³/mol. The van der Waals surface area contributed by atoms with Crippen molar-refractivity contribution >= 4 is 23.0 Å². The van der Waals surface area contributed by atoms with Crippen molar-refractivity contribution in [3.8, 4) is 0 Å². The molecule has 3 nitrogen and oxygen atoms in total. The number of halogens is 2. The lowest BCUT2D eigenvalue weighted by Gasteiger charge is -2.41. The fourth-order valence-electron chi connectivity index (χ4n) is 4.84. The molecular formula is C24H29ClFN3. The van der Waals surface area contributed by atoms with Crippen LogP contribution in [0.25, 0.3) is 0 Å². The quantitative estimate of drug-likeness (QED) is 0.662. The second-order valence-electron chi connectivity index (χ2n) is 8.43. The van der Waals surface area contributed by atoms with Crippen molar-refractivity contribution in [2.45, 2.75) is 44.6 Å². The van der Waals surface area contributed by atoms with Crippen LogP contribution in [0.5, 0.6) is 0 Å². The number of fused-ring (bicyclic) bond motifs is 1. The van der Waals surface area contributed by atoms with Crippen LogP contribution in [0.2, 0.25) is 5.02 Å². The third kappa shape index (κ3) is 4.29. The van der Waals surface area contributed by atoms with E-state index in [-0.39, 0.29) is 5.82 Å². The van der Waals surface area contributed by atoms with Crippen LogP contribution in [-0.4, -0.2) is 30.6 Å². The lowest BCUT2D eigenvalue weighted by Crippen LogP contribution is -2.42. The zero-order chi connectivity index (χ0) is 20.5. The normalized spacial score (nSPS) is 20.5. The molecule has 1 saturated heterocycles. The molecule has 2 aromatic carbocycles. The van der Waals surface area contributed by atoms with E-state index in [2.05, 4.69) is 35.4 Å². The Hall–Kier alpha value is -2.04. The summed E-state index contributed by atoms with van der Waals surface area (Å²) in [6.45, 7) is 9.49. The Labute approximate surface area is 177 Å². The Morgan fingerprint density at radius 2 is 1.86 bits per heavy atom. The number of piperidine rings is 1. The van der Waals surface area contributed by atoms with Crippen LogP contribution < -0.4 is 10.6 Å². The van der Waals surface area contributed by atoms with E-state index < -0.39 is 0 Å². The molecule has 2 aliphatic rings. The molecule has 2 N–H and O–H groups in total. The lowest BCUT2D eigenvalue weighted by molar-refractivity contribution is 0.226. The minimum absolute atomic E-state index is 0.259. The number of aryl methyl sites for hydroxylation is 1. The average Bonchev–Trinajstić information content (AvgIpc) is 2.69. The van der Waals surface area contributed by atoms with Gasteiger partial charge in [-0.3, -0.25) is 4.90 Å². The Balaban J connectivity index is 1.42. The first-order valence-electron chi connectivity index (χ1n) is 10.4. The van der Waals surface area contributed by atoms with Crippen LogP contribution in [0.4, 0.5) is 15.8 Å². The van der Waals surface area contributed by atoms with Crippen LogP contribution in [0.3, 0.4) is 0 Å². The maximum absolute atomic E-state index is 13.8. The van der Waals surface area contributed by atoms with Crippen molar-refractivity contribution in [2.75, 3.05) is 30.3 Å². The summed E-state index contributed by atoms with van der Waals surface area (Å²) in [5.41, 5.74) is 11.1. The Kier molecular flexibility index (Phi) is 5.84. The van der Waals surface area contributed by atoms with Crippen molar-refractivity contribution in [2.24, 2.45) is 0 Å². The maximum atomic E-state index is 13.8. The molecule has 0 saturated carbocycles. The van der Waals surface area contributed by atoms with E-state index in [1.807, 2.05) is 12.1 Å². The number of likely N-dealkylation sites (tertiary alicyclic amines) is 1. The monoisotopic (exact) mass is 413 g/mol. The highest BCUT2D eigenvalue weighted by Crippen LogP contribution is 2.39. The van der Waals surface area contributed by atoms with Gasteiger partial charge in [-0.25, -0.2) is 4.39 Å². The smallest absolute Gasteiger partial charge is 0.125 e. The molecular weight excluding hydrogens is 385 g/mol. The minimum atomic E-state index is -0.259. The maximum Gasteiger partial charge on any atom is 0.125 e. The summed E-state index contributed by atoms with van der Waals surface area (Å²) in [6.07, 6.45) is 4.10. The first-order chi connectivity index (χ1) is 13.9. The first kappa shape index (κ1) is 20.2. The van der Waals surface area contributed by atoms with E-state index in [1.54, 1.807) is 6.07 Å². The van der Waals surface area contributed by atoms with Gasteiger partial charge >= 0.3 is 0 Å². The average molecular weight is 414 g/mol. The number of hydrogen-bond acceptors (Lipinski definition) is 3. The largest absolute Gasteiger partial charge is 0.397 e. The standard InChI is InChI=1S/C24H29ClFN3/c1-16-3-4-20-13-22(26)14-23(27)24(20)29(16)17(2)15-28-11-9-19(10-12-28)18-5-7-21(25)8-6-18/h5-8,13-14,16,19H,2-4,9-12,15,27H2,1H3. The summed E-state index contributed by atoms with van der Waals surface area (Å²) in [5, 5.41) is 0.789. The zero-order valence-corrected chi connectivity index (χ0v) is 17.8. The van der Waals surface area contributed by atoms with Gasteiger partial charge in [0, 0.05) is 23.3 Å². The highest BCUT2D eigenvalue weighted by Gasteiger charge is 2.29. The third-order valence-corrected chi connectivity index (χ3v) is 6.62. The molecule has 1 fully saturated rings. The summed E-state index contributed by atoms with van der Waals surface area (Å²) < 4.78 is 13.8. The van der Waals surface area contributed by atoms with Gasteiger partial charge in [-0.05, 0) is 87.0 Å². The molecule has 2 heterocycles. The summed E-state index contributed by atoms with van der Waals surface area (Å²) in [7, 11) is 0. The number of rotatable bonds is 4. The van der Waals surface area contributed by atoms with Crippen molar-refractivity contribution < 1.29 is 4.39 Å². The molecule has 1 unspecified atom stereocenters. The fourth-order valence-corrected chi connectivity index (χ4v) is 4.97. The molecule has 4 rings (SSSR count). The third-order valence-electron chi connectivity index (χ3n) is 6.37. The molecule has 2 aliphatic heterocycles. The van der Waals surface area contributed by atoms with Crippen LogP contribution in [0.15, 0.2) is 48.7 Å². The summed E-state index contributed by atoms with van der Waals surface area (Å²) in [5.74, 6) is 0.329. The number of nitrogens with zero attached hydrogens (tertiary/aromatic N) is 2. The van der Waals surface area contributed by atoms with E-state index in [0.29, 0.717) is 17.6 Å². The fraction of sp³-hybridized carbons (Fsp3) is 0.417. The van der Waals surface area contributed by atoms with Gasteiger partial charge in [0.1, 0.15) is 5.82 Å². The molecule has 0 aromatic heterocycles. The van der Waals surface area contributed by atoms with E-state index in [9.17, 15) is 4.39 Å². The molecule has 1 atom stereocenters. The number of nitrogens with two attached hydrogens (primary N) is 1. The molecule has 0 bridgehead atoms. The van der Waals surface area contributed by atoms with Crippen LogP contribution >= 0.6 is 11.6 Å².